The Kier molecular flexibility index (Phi) is 3.84. The first-order valence-electron chi connectivity index (χ1n) is 6.98. The summed E-state index contributed by atoms with van der Waals surface area (Å²) in [4.78, 5) is 13.2. The summed E-state index contributed by atoms with van der Waals surface area (Å²) >= 11 is 6.24. The zero-order valence-electron chi connectivity index (χ0n) is 11.5. The molecule has 1 aliphatic rings. The van der Waals surface area contributed by atoms with Crippen molar-refractivity contribution in [2.45, 2.75) is 12.3 Å². The van der Waals surface area contributed by atoms with Crippen LogP contribution in [0, 0.1) is 0 Å². The molecule has 1 saturated heterocycles. The van der Waals surface area contributed by atoms with Crippen molar-refractivity contribution in [2.75, 3.05) is 18.0 Å². The number of carboxylic acid groups (broad SMARTS) is 1. The van der Waals surface area contributed by atoms with Gasteiger partial charge in [-0.05, 0) is 30.2 Å². The molecule has 1 N–H and O–H groups in total. The van der Waals surface area contributed by atoms with Crippen molar-refractivity contribution >= 4 is 23.3 Å². The van der Waals surface area contributed by atoms with E-state index < -0.39 is 5.97 Å². The van der Waals surface area contributed by atoms with Crippen LogP contribution in [0.3, 0.4) is 0 Å². The first kappa shape index (κ1) is 14.0. The second-order valence-electron chi connectivity index (χ2n) is 5.31. The molecule has 4 heteroatoms. The Labute approximate surface area is 128 Å². The lowest BCUT2D eigenvalue weighted by Crippen LogP contribution is -2.19. The molecule has 0 aliphatic carbocycles. The van der Waals surface area contributed by atoms with Crippen molar-refractivity contribution in [2.24, 2.45) is 0 Å². The summed E-state index contributed by atoms with van der Waals surface area (Å²) in [6.07, 6.45) is 1.08. The first-order chi connectivity index (χ1) is 10.1. The largest absolute Gasteiger partial charge is 0.478 e. The molecule has 2 aromatic rings. The Hall–Kier alpha value is -2.00. The fourth-order valence-corrected chi connectivity index (χ4v) is 3.17. The summed E-state index contributed by atoms with van der Waals surface area (Å²) in [5, 5.41) is 9.49. The maximum atomic E-state index is 11.0. The molecule has 0 spiro atoms. The summed E-state index contributed by atoms with van der Waals surface area (Å²) in [5.41, 5.74) is 2.49. The second-order valence-corrected chi connectivity index (χ2v) is 5.72. The van der Waals surface area contributed by atoms with Gasteiger partial charge in [0.1, 0.15) is 0 Å². The lowest BCUT2D eigenvalue weighted by molar-refractivity contribution is 0.0697. The van der Waals surface area contributed by atoms with E-state index in [1.807, 2.05) is 6.07 Å². The molecule has 0 amide bonds. The third-order valence-corrected chi connectivity index (χ3v) is 4.30. The van der Waals surface area contributed by atoms with Crippen molar-refractivity contribution in [1.29, 1.82) is 0 Å². The monoisotopic (exact) mass is 301 g/mol. The van der Waals surface area contributed by atoms with Gasteiger partial charge in [0.25, 0.3) is 0 Å². The van der Waals surface area contributed by atoms with Crippen LogP contribution in [0.1, 0.15) is 28.3 Å². The van der Waals surface area contributed by atoms with Gasteiger partial charge in [-0.3, -0.25) is 0 Å². The molecular weight excluding hydrogens is 286 g/mol. The topological polar surface area (TPSA) is 40.5 Å². The fourth-order valence-electron chi connectivity index (χ4n) is 2.87. The normalized spacial score (nSPS) is 18.0. The quantitative estimate of drug-likeness (QED) is 0.930. The highest BCUT2D eigenvalue weighted by Gasteiger charge is 2.25. The lowest BCUT2D eigenvalue weighted by Gasteiger charge is -2.20. The summed E-state index contributed by atoms with van der Waals surface area (Å²) in [6, 6.07) is 15.4. The van der Waals surface area contributed by atoms with Gasteiger partial charge in [0.05, 0.1) is 16.3 Å². The van der Waals surface area contributed by atoms with Crippen LogP contribution >= 0.6 is 11.6 Å². The van der Waals surface area contributed by atoms with Gasteiger partial charge in [0.2, 0.25) is 0 Å². The van der Waals surface area contributed by atoms with E-state index in [2.05, 4.69) is 29.2 Å². The van der Waals surface area contributed by atoms with Crippen LogP contribution < -0.4 is 4.90 Å². The van der Waals surface area contributed by atoms with E-state index in [1.54, 1.807) is 12.1 Å². The highest BCUT2D eigenvalue weighted by atomic mass is 35.5. The van der Waals surface area contributed by atoms with Crippen LogP contribution in [-0.4, -0.2) is 24.2 Å². The number of rotatable bonds is 3. The minimum Gasteiger partial charge on any atom is -0.478 e. The molecule has 108 valence electrons. The van der Waals surface area contributed by atoms with Gasteiger partial charge in [-0.1, -0.05) is 41.9 Å². The maximum absolute atomic E-state index is 11.0. The van der Waals surface area contributed by atoms with E-state index in [0.29, 0.717) is 10.9 Å². The average Bonchev–Trinajstić information content (AvgIpc) is 2.97. The molecule has 0 saturated carbocycles. The van der Waals surface area contributed by atoms with Crippen LogP contribution in [0.2, 0.25) is 5.02 Å². The predicted octanol–water partition coefficient (Wildman–Crippen LogP) is 4.03. The molecule has 1 heterocycles. The van der Waals surface area contributed by atoms with Crippen LogP contribution in [-0.2, 0) is 0 Å². The number of aromatic carboxylic acids is 1. The smallest absolute Gasteiger partial charge is 0.335 e. The van der Waals surface area contributed by atoms with Gasteiger partial charge in [-0.15, -0.1) is 0 Å². The van der Waals surface area contributed by atoms with Crippen molar-refractivity contribution in [3.05, 3.63) is 64.7 Å². The van der Waals surface area contributed by atoms with Crippen LogP contribution in [0.4, 0.5) is 5.69 Å². The number of halogens is 1. The van der Waals surface area contributed by atoms with E-state index in [0.717, 1.165) is 25.2 Å². The van der Waals surface area contributed by atoms with E-state index in [1.165, 1.54) is 11.6 Å². The van der Waals surface area contributed by atoms with Crippen molar-refractivity contribution < 1.29 is 9.90 Å². The van der Waals surface area contributed by atoms with Crippen LogP contribution in [0.15, 0.2) is 48.5 Å². The first-order valence-corrected chi connectivity index (χ1v) is 7.35. The number of anilines is 1. The Bertz CT molecular complexity index is 657. The Balaban J connectivity index is 1.79. The minimum absolute atomic E-state index is 0.225. The van der Waals surface area contributed by atoms with Crippen molar-refractivity contribution in [1.82, 2.24) is 0 Å². The summed E-state index contributed by atoms with van der Waals surface area (Å²) in [7, 11) is 0. The third kappa shape index (κ3) is 2.88. The van der Waals surface area contributed by atoms with Crippen LogP contribution in [0.5, 0.6) is 0 Å². The predicted molar refractivity (Wildman–Crippen MR) is 84.4 cm³/mol. The third-order valence-electron chi connectivity index (χ3n) is 3.99. The molecule has 3 nitrogen and oxygen atoms in total. The highest BCUT2D eigenvalue weighted by molar-refractivity contribution is 6.33. The number of carboxylic acids is 1. The summed E-state index contributed by atoms with van der Waals surface area (Å²) < 4.78 is 0. The average molecular weight is 302 g/mol. The molecule has 0 aromatic heterocycles. The van der Waals surface area contributed by atoms with E-state index in [4.69, 9.17) is 16.7 Å². The SMILES string of the molecule is O=C(O)c1ccc(N2CCC(c3ccccc3)C2)c(Cl)c1. The zero-order chi connectivity index (χ0) is 14.8. The molecular formula is C17H16ClNO2. The number of hydrogen-bond donors (Lipinski definition) is 1. The number of benzene rings is 2. The van der Waals surface area contributed by atoms with Gasteiger partial charge in [-0.25, -0.2) is 4.79 Å². The molecule has 1 unspecified atom stereocenters. The van der Waals surface area contributed by atoms with Crippen molar-refractivity contribution in [3.63, 3.8) is 0 Å². The number of carbonyl (C=O) groups is 1. The van der Waals surface area contributed by atoms with Gasteiger partial charge in [0, 0.05) is 19.0 Å². The Morgan fingerprint density at radius 2 is 1.95 bits per heavy atom. The molecule has 0 bridgehead atoms. The molecule has 1 aliphatic heterocycles. The zero-order valence-corrected chi connectivity index (χ0v) is 12.3. The molecule has 2 aromatic carbocycles. The fraction of sp³-hybridized carbons (Fsp3) is 0.235. The van der Waals surface area contributed by atoms with Crippen molar-refractivity contribution in [3.8, 4) is 0 Å². The molecule has 21 heavy (non-hydrogen) atoms. The van der Waals surface area contributed by atoms with Gasteiger partial charge in [0.15, 0.2) is 0 Å². The second kappa shape index (κ2) is 5.78. The lowest BCUT2D eigenvalue weighted by atomic mass is 9.99. The Morgan fingerprint density at radius 3 is 2.62 bits per heavy atom. The molecule has 0 radical (unpaired) electrons. The summed E-state index contributed by atoms with van der Waals surface area (Å²) in [5.74, 6) is -0.451. The molecule has 1 atom stereocenters. The van der Waals surface area contributed by atoms with Gasteiger partial charge < -0.3 is 10.0 Å². The maximum Gasteiger partial charge on any atom is 0.335 e. The standard InChI is InChI=1S/C17H16ClNO2/c18-15-10-13(17(20)21)6-7-16(15)19-9-8-14(11-19)12-4-2-1-3-5-12/h1-7,10,14H,8-9,11H2,(H,20,21). The minimum atomic E-state index is -0.952. The van der Waals surface area contributed by atoms with Gasteiger partial charge >= 0.3 is 5.97 Å². The molecule has 3 rings (SSSR count). The number of hydrogen-bond acceptors (Lipinski definition) is 2. The summed E-state index contributed by atoms with van der Waals surface area (Å²) in [6.45, 7) is 1.85. The molecule has 1 fully saturated rings. The highest BCUT2D eigenvalue weighted by Crippen LogP contribution is 2.34. The van der Waals surface area contributed by atoms with Crippen LogP contribution in [0.25, 0.3) is 0 Å². The number of nitrogens with zero attached hydrogens (tertiary/aromatic N) is 1. The van der Waals surface area contributed by atoms with Gasteiger partial charge in [-0.2, -0.15) is 0 Å². The van der Waals surface area contributed by atoms with E-state index in [9.17, 15) is 4.79 Å². The van der Waals surface area contributed by atoms with E-state index in [-0.39, 0.29) is 5.56 Å². The van der Waals surface area contributed by atoms with E-state index >= 15 is 0 Å². The Morgan fingerprint density at radius 1 is 1.19 bits per heavy atom.